The summed E-state index contributed by atoms with van der Waals surface area (Å²) in [6.45, 7) is 2.11. The number of hydrogen-bond acceptors (Lipinski definition) is 1. The van der Waals surface area contributed by atoms with Crippen LogP contribution in [0.25, 0.3) is 60.6 Å². The largest absolute Gasteiger partial charge is 0.456 e. The van der Waals surface area contributed by atoms with Gasteiger partial charge in [-0.3, -0.25) is 0 Å². The first kappa shape index (κ1) is 18.3. The summed E-state index contributed by atoms with van der Waals surface area (Å²) in [6, 6.07) is 38.8. The van der Waals surface area contributed by atoms with E-state index in [1.54, 1.807) is 0 Å². The van der Waals surface area contributed by atoms with Crippen LogP contribution in [0.4, 0.5) is 0 Å². The molecule has 0 aliphatic carbocycles. The zero-order valence-electron chi connectivity index (χ0n) is 18.2. The van der Waals surface area contributed by atoms with Crippen molar-refractivity contribution in [1.82, 2.24) is 4.57 Å². The highest BCUT2D eigenvalue weighted by atomic mass is 16.3. The number of fused-ring (bicyclic) bond motifs is 6. The predicted molar refractivity (Wildman–Crippen MR) is 138 cm³/mol. The van der Waals surface area contributed by atoms with E-state index in [1.807, 2.05) is 0 Å². The molecule has 0 saturated heterocycles. The van der Waals surface area contributed by atoms with Gasteiger partial charge in [-0.2, -0.15) is 0 Å². The van der Waals surface area contributed by atoms with Crippen LogP contribution < -0.4 is 0 Å². The maximum absolute atomic E-state index is 6.26. The van der Waals surface area contributed by atoms with Crippen LogP contribution in [0.15, 0.2) is 114 Å². The van der Waals surface area contributed by atoms with E-state index in [1.165, 1.54) is 49.4 Å². The third-order valence-corrected chi connectivity index (χ3v) is 6.72. The number of hydrogen-bond donors (Lipinski definition) is 0. The van der Waals surface area contributed by atoms with E-state index >= 15 is 0 Å². The fourth-order valence-electron chi connectivity index (χ4n) is 5.23. The third kappa shape index (κ3) is 2.61. The zero-order chi connectivity index (χ0) is 21.9. The molecule has 2 nitrogen and oxygen atoms in total. The molecule has 2 heterocycles. The molecule has 0 aliphatic rings. The molecule has 0 N–H and O–H groups in total. The van der Waals surface area contributed by atoms with Gasteiger partial charge in [-0.15, -0.1) is 0 Å². The zero-order valence-corrected chi connectivity index (χ0v) is 18.2. The minimum Gasteiger partial charge on any atom is -0.456 e. The maximum Gasteiger partial charge on any atom is 0.138 e. The molecular weight excluding hydrogens is 402 g/mol. The summed E-state index contributed by atoms with van der Waals surface area (Å²) in [6.07, 6.45) is 0. The molecule has 0 radical (unpaired) electrons. The normalized spacial score (nSPS) is 11.8. The quantitative estimate of drug-likeness (QED) is 0.272. The van der Waals surface area contributed by atoms with Gasteiger partial charge in [0, 0.05) is 27.2 Å². The molecule has 5 aromatic carbocycles. The van der Waals surface area contributed by atoms with Crippen LogP contribution in [0.3, 0.4) is 0 Å². The fourth-order valence-corrected chi connectivity index (χ4v) is 5.23. The first-order chi connectivity index (χ1) is 16.3. The number of furan rings is 1. The number of aromatic nitrogens is 1. The number of aryl methyl sites for hydroxylation is 1. The minimum absolute atomic E-state index is 0.934. The van der Waals surface area contributed by atoms with E-state index < -0.39 is 0 Å². The average molecular weight is 424 g/mol. The Morgan fingerprint density at radius 2 is 1.36 bits per heavy atom. The summed E-state index contributed by atoms with van der Waals surface area (Å²) in [7, 11) is 0. The van der Waals surface area contributed by atoms with Crippen LogP contribution in [0.5, 0.6) is 0 Å². The van der Waals surface area contributed by atoms with Crippen molar-refractivity contribution in [3.05, 3.63) is 115 Å². The molecule has 0 atom stereocenters. The van der Waals surface area contributed by atoms with Gasteiger partial charge in [0.25, 0.3) is 0 Å². The molecule has 33 heavy (non-hydrogen) atoms. The van der Waals surface area contributed by atoms with Crippen LogP contribution >= 0.6 is 0 Å². The van der Waals surface area contributed by atoms with Crippen LogP contribution in [0.1, 0.15) is 5.56 Å². The summed E-state index contributed by atoms with van der Waals surface area (Å²) in [5, 5.41) is 4.88. The highest BCUT2D eigenvalue weighted by Gasteiger charge is 2.16. The van der Waals surface area contributed by atoms with Gasteiger partial charge in [0.05, 0.1) is 11.0 Å². The van der Waals surface area contributed by atoms with Crippen molar-refractivity contribution in [1.29, 1.82) is 0 Å². The first-order valence-electron chi connectivity index (χ1n) is 11.3. The summed E-state index contributed by atoms with van der Waals surface area (Å²) in [4.78, 5) is 0. The number of benzene rings is 5. The molecule has 0 fully saturated rings. The van der Waals surface area contributed by atoms with Gasteiger partial charge in [0.1, 0.15) is 11.2 Å². The topological polar surface area (TPSA) is 18.1 Å². The third-order valence-electron chi connectivity index (χ3n) is 6.72. The summed E-state index contributed by atoms with van der Waals surface area (Å²) in [5.41, 5.74) is 9.09. The van der Waals surface area contributed by atoms with Crippen molar-refractivity contribution in [2.75, 3.05) is 0 Å². The van der Waals surface area contributed by atoms with Crippen LogP contribution in [-0.4, -0.2) is 4.57 Å². The molecule has 156 valence electrons. The molecule has 0 spiro atoms. The summed E-state index contributed by atoms with van der Waals surface area (Å²) in [5.74, 6) is 0. The Balaban J connectivity index is 1.55. The van der Waals surface area contributed by atoms with Crippen molar-refractivity contribution in [3.63, 3.8) is 0 Å². The maximum atomic E-state index is 6.26. The molecule has 0 unspecified atom stereocenters. The standard InChI is InChI=1S/C31H21NO/c1-20-9-7-14-25-30-23(13-8-16-29(30)33-31(20)25)21-17-18-28-26(19-21)24-12-5-6-15-27(24)32(28)22-10-3-2-4-11-22/h2-19H,1H3. The van der Waals surface area contributed by atoms with E-state index in [0.717, 1.165) is 16.7 Å². The van der Waals surface area contributed by atoms with Gasteiger partial charge in [-0.1, -0.05) is 72.8 Å². The Kier molecular flexibility index (Phi) is 3.80. The lowest BCUT2D eigenvalue weighted by Gasteiger charge is -2.08. The van der Waals surface area contributed by atoms with E-state index in [9.17, 15) is 0 Å². The molecular formula is C31H21NO. The van der Waals surface area contributed by atoms with E-state index in [0.29, 0.717) is 0 Å². The number of nitrogens with zero attached hydrogens (tertiary/aromatic N) is 1. The highest BCUT2D eigenvalue weighted by molar-refractivity contribution is 6.15. The van der Waals surface area contributed by atoms with Gasteiger partial charge in [-0.25, -0.2) is 0 Å². The van der Waals surface area contributed by atoms with Gasteiger partial charge < -0.3 is 8.98 Å². The van der Waals surface area contributed by atoms with Gasteiger partial charge >= 0.3 is 0 Å². The monoisotopic (exact) mass is 423 g/mol. The van der Waals surface area contributed by atoms with Crippen molar-refractivity contribution in [2.24, 2.45) is 0 Å². The molecule has 7 aromatic rings. The Labute approximate surface area is 191 Å². The Morgan fingerprint density at radius 3 is 2.27 bits per heavy atom. The Hall–Kier alpha value is -4.30. The van der Waals surface area contributed by atoms with Crippen molar-refractivity contribution < 1.29 is 4.42 Å². The van der Waals surface area contributed by atoms with E-state index in [2.05, 4.69) is 121 Å². The van der Waals surface area contributed by atoms with Crippen LogP contribution in [-0.2, 0) is 0 Å². The fraction of sp³-hybridized carbons (Fsp3) is 0.0323. The van der Waals surface area contributed by atoms with Crippen LogP contribution in [0.2, 0.25) is 0 Å². The van der Waals surface area contributed by atoms with Crippen molar-refractivity contribution in [2.45, 2.75) is 6.92 Å². The van der Waals surface area contributed by atoms with E-state index in [-0.39, 0.29) is 0 Å². The second-order valence-electron chi connectivity index (χ2n) is 8.65. The minimum atomic E-state index is 0.934. The van der Waals surface area contributed by atoms with Gasteiger partial charge in [0.15, 0.2) is 0 Å². The second-order valence-corrected chi connectivity index (χ2v) is 8.65. The average Bonchev–Trinajstić information content (AvgIpc) is 3.41. The van der Waals surface area contributed by atoms with Crippen LogP contribution in [0, 0.1) is 6.92 Å². The smallest absolute Gasteiger partial charge is 0.138 e. The first-order valence-corrected chi connectivity index (χ1v) is 11.3. The molecule has 0 aliphatic heterocycles. The predicted octanol–water partition coefficient (Wildman–Crippen LogP) is 8.66. The molecule has 0 amide bonds. The summed E-state index contributed by atoms with van der Waals surface area (Å²) >= 11 is 0. The number of rotatable bonds is 2. The highest BCUT2D eigenvalue weighted by Crippen LogP contribution is 2.40. The van der Waals surface area contributed by atoms with E-state index in [4.69, 9.17) is 4.42 Å². The lowest BCUT2D eigenvalue weighted by atomic mass is 9.97. The lowest BCUT2D eigenvalue weighted by molar-refractivity contribution is 0.666. The van der Waals surface area contributed by atoms with Crippen molar-refractivity contribution >= 4 is 43.7 Å². The van der Waals surface area contributed by atoms with Gasteiger partial charge in [-0.05, 0) is 60.0 Å². The molecule has 2 aromatic heterocycles. The second kappa shape index (κ2) is 6.85. The SMILES string of the molecule is Cc1cccc2c1oc1cccc(-c3ccc4c(c3)c3ccccc3n4-c3ccccc3)c12. The lowest BCUT2D eigenvalue weighted by Crippen LogP contribution is -1.92. The molecule has 7 rings (SSSR count). The number of para-hydroxylation sites is 3. The molecule has 0 saturated carbocycles. The van der Waals surface area contributed by atoms with Crippen molar-refractivity contribution in [3.8, 4) is 16.8 Å². The van der Waals surface area contributed by atoms with Gasteiger partial charge in [0.2, 0.25) is 0 Å². The summed E-state index contributed by atoms with van der Waals surface area (Å²) < 4.78 is 8.61. The molecule has 2 heteroatoms. The Morgan fingerprint density at radius 1 is 0.606 bits per heavy atom. The Bertz CT molecular complexity index is 1820. The molecule has 0 bridgehead atoms.